The van der Waals surface area contributed by atoms with Gasteiger partial charge in [0, 0.05) is 20.0 Å². The van der Waals surface area contributed by atoms with Crippen LogP contribution < -0.4 is 0 Å². The Kier molecular flexibility index (Phi) is 10.5. The highest BCUT2D eigenvalue weighted by Gasteiger charge is 2.31. The first-order valence-corrected chi connectivity index (χ1v) is 7.42. The summed E-state index contributed by atoms with van der Waals surface area (Å²) in [5.74, 6) is -0.144. The van der Waals surface area contributed by atoms with Crippen LogP contribution in [0.2, 0.25) is 0 Å². The molecule has 0 aromatic carbocycles. The Morgan fingerprint density at radius 2 is 1.57 bits per heavy atom. The number of hydrogen-bond donors (Lipinski definition) is 5. The van der Waals surface area contributed by atoms with E-state index in [1.54, 1.807) is 0 Å². The van der Waals surface area contributed by atoms with Gasteiger partial charge in [-0.05, 0) is 6.42 Å². The van der Waals surface area contributed by atoms with Gasteiger partial charge in [-0.2, -0.15) is 0 Å². The molecule has 0 saturated carbocycles. The fourth-order valence-electron chi connectivity index (χ4n) is 1.95. The van der Waals surface area contributed by atoms with Gasteiger partial charge in [-0.3, -0.25) is 4.79 Å². The van der Waals surface area contributed by atoms with E-state index >= 15 is 0 Å². The molecular formula is C14H29NO6. The minimum atomic E-state index is -1.67. The highest BCUT2D eigenvalue weighted by Crippen LogP contribution is 2.08. The van der Waals surface area contributed by atoms with E-state index in [1.807, 2.05) is 0 Å². The molecule has 0 aliphatic heterocycles. The summed E-state index contributed by atoms with van der Waals surface area (Å²) in [6.45, 7) is 1.21. The molecule has 5 N–H and O–H groups in total. The van der Waals surface area contributed by atoms with Gasteiger partial charge in [0.15, 0.2) is 0 Å². The third kappa shape index (κ3) is 7.73. The zero-order chi connectivity index (χ0) is 16.4. The summed E-state index contributed by atoms with van der Waals surface area (Å²) < 4.78 is 0. The average Bonchev–Trinajstić information content (AvgIpc) is 2.48. The van der Waals surface area contributed by atoms with Crippen LogP contribution in [0.4, 0.5) is 0 Å². The number of carbonyl (C=O) groups excluding carboxylic acids is 1. The van der Waals surface area contributed by atoms with E-state index in [-0.39, 0.29) is 12.5 Å². The van der Waals surface area contributed by atoms with E-state index in [0.29, 0.717) is 6.42 Å². The third-order valence-corrected chi connectivity index (χ3v) is 3.46. The number of rotatable bonds is 11. The molecule has 0 spiro atoms. The van der Waals surface area contributed by atoms with Crippen LogP contribution in [0.15, 0.2) is 0 Å². The molecule has 0 saturated heterocycles. The molecular weight excluding hydrogens is 278 g/mol. The van der Waals surface area contributed by atoms with Crippen molar-refractivity contribution in [3.8, 4) is 0 Å². The maximum Gasteiger partial charge on any atom is 0.222 e. The van der Waals surface area contributed by atoms with Gasteiger partial charge >= 0.3 is 0 Å². The Morgan fingerprint density at radius 3 is 2.10 bits per heavy atom. The van der Waals surface area contributed by atoms with E-state index in [4.69, 9.17) is 5.11 Å². The topological polar surface area (TPSA) is 121 Å². The predicted octanol–water partition coefficient (Wildman–Crippen LogP) is -1.15. The van der Waals surface area contributed by atoms with Gasteiger partial charge in [0.05, 0.1) is 6.61 Å². The monoisotopic (exact) mass is 307 g/mol. The predicted molar refractivity (Wildman–Crippen MR) is 77.5 cm³/mol. The van der Waals surface area contributed by atoms with Crippen molar-refractivity contribution in [1.29, 1.82) is 0 Å². The molecule has 0 fully saturated rings. The number of nitrogens with zero attached hydrogens (tertiary/aromatic N) is 1. The van der Waals surface area contributed by atoms with Crippen LogP contribution in [0.5, 0.6) is 0 Å². The molecule has 0 unspecified atom stereocenters. The number of aliphatic hydroxyl groups is 5. The molecule has 126 valence electrons. The van der Waals surface area contributed by atoms with Gasteiger partial charge in [0.2, 0.25) is 5.91 Å². The molecule has 4 atom stereocenters. The standard InChI is InChI=1S/C14H29NO6/c1-3-4-5-6-7-12(19)15(2)8-10(17)13(20)14(21)11(18)9-16/h10-11,13-14,16-18,20-21H,3-9H2,1-2H3/t10-,11-,13-,14+/m1/s1. The van der Waals surface area contributed by atoms with Gasteiger partial charge in [-0.1, -0.05) is 26.2 Å². The van der Waals surface area contributed by atoms with Crippen LogP contribution in [0.3, 0.4) is 0 Å². The zero-order valence-electron chi connectivity index (χ0n) is 12.9. The third-order valence-electron chi connectivity index (χ3n) is 3.46. The summed E-state index contributed by atoms with van der Waals surface area (Å²) in [5, 5.41) is 46.8. The van der Waals surface area contributed by atoms with Crippen molar-refractivity contribution in [3.63, 3.8) is 0 Å². The fourth-order valence-corrected chi connectivity index (χ4v) is 1.95. The summed E-state index contributed by atoms with van der Waals surface area (Å²) in [4.78, 5) is 13.1. The lowest BCUT2D eigenvalue weighted by molar-refractivity contribution is -0.138. The van der Waals surface area contributed by atoms with Gasteiger partial charge in [-0.15, -0.1) is 0 Å². The summed E-state index contributed by atoms with van der Waals surface area (Å²) in [5.41, 5.74) is 0. The van der Waals surface area contributed by atoms with E-state index in [0.717, 1.165) is 25.7 Å². The second kappa shape index (κ2) is 10.9. The average molecular weight is 307 g/mol. The second-order valence-corrected chi connectivity index (χ2v) is 5.38. The van der Waals surface area contributed by atoms with Crippen molar-refractivity contribution in [3.05, 3.63) is 0 Å². The molecule has 0 bridgehead atoms. The van der Waals surface area contributed by atoms with Crippen molar-refractivity contribution < 1.29 is 30.3 Å². The highest BCUT2D eigenvalue weighted by molar-refractivity contribution is 5.75. The lowest BCUT2D eigenvalue weighted by Gasteiger charge is -2.28. The lowest BCUT2D eigenvalue weighted by Crippen LogP contribution is -2.49. The minimum Gasteiger partial charge on any atom is -0.394 e. The molecule has 0 aromatic heterocycles. The molecule has 0 heterocycles. The Labute approximate surface area is 125 Å². The van der Waals surface area contributed by atoms with Crippen LogP contribution in [0, 0.1) is 0 Å². The largest absolute Gasteiger partial charge is 0.394 e. The van der Waals surface area contributed by atoms with E-state index in [1.165, 1.54) is 11.9 Å². The maximum absolute atomic E-state index is 11.8. The Bertz CT molecular complexity index is 289. The van der Waals surface area contributed by atoms with Crippen LogP contribution in [-0.4, -0.2) is 81.0 Å². The molecule has 7 heteroatoms. The van der Waals surface area contributed by atoms with Crippen LogP contribution in [0.1, 0.15) is 39.0 Å². The summed E-state index contributed by atoms with van der Waals surface area (Å²) >= 11 is 0. The Balaban J connectivity index is 4.17. The fraction of sp³-hybridized carbons (Fsp3) is 0.929. The van der Waals surface area contributed by atoms with Crippen molar-refractivity contribution in [2.45, 2.75) is 63.4 Å². The number of amides is 1. The molecule has 0 aliphatic carbocycles. The summed E-state index contributed by atoms with van der Waals surface area (Å²) in [6.07, 6.45) is -1.95. The van der Waals surface area contributed by atoms with Gasteiger partial charge in [0.25, 0.3) is 0 Å². The number of likely N-dealkylation sites (N-methyl/N-ethyl adjacent to an activating group) is 1. The number of unbranched alkanes of at least 4 members (excludes halogenated alkanes) is 3. The van der Waals surface area contributed by atoms with Crippen molar-refractivity contribution >= 4 is 5.91 Å². The van der Waals surface area contributed by atoms with Crippen LogP contribution >= 0.6 is 0 Å². The highest BCUT2D eigenvalue weighted by atomic mass is 16.4. The first-order chi connectivity index (χ1) is 9.84. The normalized spacial score (nSPS) is 17.1. The number of aliphatic hydroxyl groups excluding tert-OH is 5. The SMILES string of the molecule is CCCCCCC(=O)N(C)C[C@@H](O)[C@@H](O)[C@@H](O)[C@H](O)CO. The van der Waals surface area contributed by atoms with Gasteiger partial charge in [0.1, 0.15) is 24.4 Å². The Hall–Kier alpha value is -0.730. The molecule has 7 nitrogen and oxygen atoms in total. The van der Waals surface area contributed by atoms with E-state index < -0.39 is 31.0 Å². The quantitative estimate of drug-likeness (QED) is 0.307. The molecule has 21 heavy (non-hydrogen) atoms. The molecule has 0 aromatic rings. The van der Waals surface area contributed by atoms with Crippen LogP contribution in [-0.2, 0) is 4.79 Å². The van der Waals surface area contributed by atoms with Crippen molar-refractivity contribution in [2.75, 3.05) is 20.2 Å². The number of carbonyl (C=O) groups is 1. The maximum atomic E-state index is 11.8. The zero-order valence-corrected chi connectivity index (χ0v) is 12.9. The first-order valence-electron chi connectivity index (χ1n) is 7.42. The van der Waals surface area contributed by atoms with E-state index in [9.17, 15) is 25.2 Å². The van der Waals surface area contributed by atoms with Gasteiger partial charge in [-0.25, -0.2) is 0 Å². The minimum absolute atomic E-state index is 0.144. The summed E-state index contributed by atoms with van der Waals surface area (Å²) in [6, 6.07) is 0. The molecule has 0 radical (unpaired) electrons. The van der Waals surface area contributed by atoms with Crippen molar-refractivity contribution in [2.24, 2.45) is 0 Å². The molecule has 0 rings (SSSR count). The Morgan fingerprint density at radius 1 is 1.00 bits per heavy atom. The lowest BCUT2D eigenvalue weighted by atomic mass is 10.0. The van der Waals surface area contributed by atoms with Gasteiger partial charge < -0.3 is 30.4 Å². The van der Waals surface area contributed by atoms with Crippen molar-refractivity contribution in [1.82, 2.24) is 4.90 Å². The summed E-state index contributed by atoms with van der Waals surface area (Å²) in [7, 11) is 1.51. The molecule has 0 aliphatic rings. The van der Waals surface area contributed by atoms with Crippen LogP contribution in [0.25, 0.3) is 0 Å². The second-order valence-electron chi connectivity index (χ2n) is 5.38. The number of hydrogen-bond acceptors (Lipinski definition) is 6. The molecule has 1 amide bonds. The first kappa shape index (κ1) is 20.3. The van der Waals surface area contributed by atoms with E-state index in [2.05, 4.69) is 6.92 Å². The smallest absolute Gasteiger partial charge is 0.222 e.